The lowest BCUT2D eigenvalue weighted by molar-refractivity contribution is -0.120. The SMILES string of the molecule is COc1ccc(C(=O)NCCC(=O)NN=Cc2ccccc2OC(C)C)cc1. The molecule has 0 aliphatic carbocycles. The zero-order valence-corrected chi connectivity index (χ0v) is 16.3. The largest absolute Gasteiger partial charge is 0.497 e. The predicted octanol–water partition coefficient (Wildman–Crippen LogP) is 2.75. The van der Waals surface area contributed by atoms with Crippen LogP contribution in [0.5, 0.6) is 11.5 Å². The summed E-state index contributed by atoms with van der Waals surface area (Å²) in [6.07, 6.45) is 1.69. The second kappa shape index (κ2) is 10.7. The molecule has 2 rings (SSSR count). The molecule has 7 heteroatoms. The number of amides is 2. The third-order valence-corrected chi connectivity index (χ3v) is 3.66. The lowest BCUT2D eigenvalue weighted by Crippen LogP contribution is -2.29. The zero-order valence-electron chi connectivity index (χ0n) is 16.3. The highest BCUT2D eigenvalue weighted by atomic mass is 16.5. The number of nitrogens with one attached hydrogen (secondary N) is 2. The van der Waals surface area contributed by atoms with Crippen molar-refractivity contribution in [3.8, 4) is 11.5 Å². The molecule has 2 N–H and O–H groups in total. The van der Waals surface area contributed by atoms with Gasteiger partial charge >= 0.3 is 0 Å². The Balaban J connectivity index is 1.77. The van der Waals surface area contributed by atoms with Crippen LogP contribution in [0.3, 0.4) is 0 Å². The minimum absolute atomic E-state index is 0.0402. The molecule has 2 aromatic carbocycles. The molecule has 0 heterocycles. The van der Waals surface area contributed by atoms with E-state index in [0.29, 0.717) is 17.1 Å². The molecule has 148 valence electrons. The van der Waals surface area contributed by atoms with Gasteiger partial charge in [0.1, 0.15) is 11.5 Å². The Morgan fingerprint density at radius 3 is 2.50 bits per heavy atom. The zero-order chi connectivity index (χ0) is 20.4. The van der Waals surface area contributed by atoms with E-state index in [-0.39, 0.29) is 30.9 Å². The van der Waals surface area contributed by atoms with Crippen molar-refractivity contribution < 1.29 is 19.1 Å². The van der Waals surface area contributed by atoms with Crippen molar-refractivity contribution >= 4 is 18.0 Å². The normalized spacial score (nSPS) is 10.7. The number of rotatable bonds is 9. The number of benzene rings is 2. The summed E-state index contributed by atoms with van der Waals surface area (Å²) in [5, 5.41) is 6.65. The van der Waals surface area contributed by atoms with Crippen LogP contribution in [0.1, 0.15) is 36.2 Å². The number of ether oxygens (including phenoxy) is 2. The van der Waals surface area contributed by atoms with Gasteiger partial charge in [-0.25, -0.2) is 5.43 Å². The first-order valence-corrected chi connectivity index (χ1v) is 8.99. The first kappa shape index (κ1) is 21.0. The Morgan fingerprint density at radius 1 is 1.11 bits per heavy atom. The van der Waals surface area contributed by atoms with Crippen LogP contribution in [0.25, 0.3) is 0 Å². The predicted molar refractivity (Wildman–Crippen MR) is 108 cm³/mol. The van der Waals surface area contributed by atoms with E-state index in [9.17, 15) is 9.59 Å². The van der Waals surface area contributed by atoms with Crippen LogP contribution in [0.4, 0.5) is 0 Å². The number of hydrazone groups is 1. The minimum Gasteiger partial charge on any atom is -0.497 e. The van der Waals surface area contributed by atoms with Gasteiger partial charge in [-0.15, -0.1) is 0 Å². The monoisotopic (exact) mass is 383 g/mol. The van der Waals surface area contributed by atoms with Crippen LogP contribution in [0, 0.1) is 0 Å². The summed E-state index contributed by atoms with van der Waals surface area (Å²) in [5.74, 6) is 0.823. The van der Waals surface area contributed by atoms with Crippen LogP contribution in [-0.2, 0) is 4.79 Å². The average molecular weight is 383 g/mol. The smallest absolute Gasteiger partial charge is 0.251 e. The van der Waals surface area contributed by atoms with Gasteiger partial charge in [-0.2, -0.15) is 5.10 Å². The lowest BCUT2D eigenvalue weighted by Gasteiger charge is -2.11. The van der Waals surface area contributed by atoms with Gasteiger partial charge in [-0.1, -0.05) is 12.1 Å². The van der Waals surface area contributed by atoms with Gasteiger partial charge in [-0.05, 0) is 50.2 Å². The van der Waals surface area contributed by atoms with Gasteiger partial charge in [0.05, 0.1) is 19.4 Å². The van der Waals surface area contributed by atoms with Gasteiger partial charge in [0, 0.05) is 24.1 Å². The first-order valence-electron chi connectivity index (χ1n) is 8.99. The van der Waals surface area contributed by atoms with Crippen molar-refractivity contribution in [3.63, 3.8) is 0 Å². The van der Waals surface area contributed by atoms with Crippen LogP contribution >= 0.6 is 0 Å². The van der Waals surface area contributed by atoms with E-state index in [1.54, 1.807) is 31.4 Å². The van der Waals surface area contributed by atoms with Crippen LogP contribution in [-0.4, -0.2) is 37.8 Å². The molecule has 0 saturated carbocycles. The maximum Gasteiger partial charge on any atom is 0.251 e. The summed E-state index contributed by atoms with van der Waals surface area (Å²) in [6, 6.07) is 14.2. The van der Waals surface area contributed by atoms with Gasteiger partial charge in [0.15, 0.2) is 0 Å². The minimum atomic E-state index is -0.298. The standard InChI is InChI=1S/C21H25N3O4/c1-15(2)28-19-7-5-4-6-17(19)14-23-24-20(25)12-13-22-21(26)16-8-10-18(27-3)11-9-16/h4-11,14-15H,12-13H2,1-3H3,(H,22,26)(H,24,25). The van der Waals surface area contributed by atoms with Crippen LogP contribution in [0.15, 0.2) is 53.6 Å². The Kier molecular flexibility index (Phi) is 8.02. The molecule has 0 radical (unpaired) electrons. The van der Waals surface area contributed by atoms with Gasteiger partial charge in [0.25, 0.3) is 5.91 Å². The second-order valence-electron chi connectivity index (χ2n) is 6.23. The summed E-state index contributed by atoms with van der Waals surface area (Å²) in [5.41, 5.74) is 3.72. The lowest BCUT2D eigenvalue weighted by atomic mass is 10.2. The van der Waals surface area contributed by atoms with E-state index in [4.69, 9.17) is 9.47 Å². The molecule has 28 heavy (non-hydrogen) atoms. The maximum absolute atomic E-state index is 12.0. The molecule has 0 atom stereocenters. The van der Waals surface area contributed by atoms with Crippen LogP contribution < -0.4 is 20.2 Å². The number of hydrogen-bond donors (Lipinski definition) is 2. The molecule has 0 fully saturated rings. The van der Waals surface area contributed by atoms with Crippen molar-refractivity contribution in [2.45, 2.75) is 26.4 Å². The van der Waals surface area contributed by atoms with E-state index in [0.717, 1.165) is 5.56 Å². The van der Waals surface area contributed by atoms with E-state index in [2.05, 4.69) is 15.8 Å². The van der Waals surface area contributed by atoms with Crippen molar-refractivity contribution in [2.24, 2.45) is 5.10 Å². The molecule has 2 amide bonds. The fourth-order valence-corrected chi connectivity index (χ4v) is 2.31. The molecule has 2 aromatic rings. The molecular weight excluding hydrogens is 358 g/mol. The van der Waals surface area contributed by atoms with Gasteiger partial charge < -0.3 is 14.8 Å². The maximum atomic E-state index is 12.0. The van der Waals surface area contributed by atoms with Crippen molar-refractivity contribution in [1.82, 2.24) is 10.7 Å². The number of nitrogens with zero attached hydrogens (tertiary/aromatic N) is 1. The molecular formula is C21H25N3O4. The van der Waals surface area contributed by atoms with Crippen molar-refractivity contribution in [3.05, 3.63) is 59.7 Å². The molecule has 0 spiro atoms. The third-order valence-electron chi connectivity index (χ3n) is 3.66. The Hall–Kier alpha value is -3.35. The average Bonchev–Trinajstić information content (AvgIpc) is 2.69. The molecule has 0 aliphatic heterocycles. The summed E-state index contributed by atoms with van der Waals surface area (Å²) in [6.45, 7) is 4.09. The summed E-state index contributed by atoms with van der Waals surface area (Å²) < 4.78 is 10.7. The Bertz CT molecular complexity index is 817. The van der Waals surface area contributed by atoms with Crippen LogP contribution in [0.2, 0.25) is 0 Å². The fraction of sp³-hybridized carbons (Fsp3) is 0.286. The van der Waals surface area contributed by atoms with Crippen molar-refractivity contribution in [1.29, 1.82) is 0 Å². The third kappa shape index (κ3) is 6.75. The highest BCUT2D eigenvalue weighted by Gasteiger charge is 2.07. The van der Waals surface area contributed by atoms with Gasteiger partial charge in [0.2, 0.25) is 5.91 Å². The van der Waals surface area contributed by atoms with E-state index >= 15 is 0 Å². The topological polar surface area (TPSA) is 89.0 Å². The fourth-order valence-electron chi connectivity index (χ4n) is 2.31. The molecule has 0 bridgehead atoms. The summed E-state index contributed by atoms with van der Waals surface area (Å²) >= 11 is 0. The first-order chi connectivity index (χ1) is 13.5. The van der Waals surface area contributed by atoms with Gasteiger partial charge in [-0.3, -0.25) is 9.59 Å². The summed E-state index contributed by atoms with van der Waals surface area (Å²) in [4.78, 5) is 23.9. The Morgan fingerprint density at radius 2 is 1.82 bits per heavy atom. The number of carbonyl (C=O) groups is 2. The molecule has 0 saturated heterocycles. The highest BCUT2D eigenvalue weighted by Crippen LogP contribution is 2.17. The number of para-hydroxylation sites is 1. The molecule has 0 aromatic heterocycles. The molecule has 0 unspecified atom stereocenters. The highest BCUT2D eigenvalue weighted by molar-refractivity contribution is 5.94. The molecule has 7 nitrogen and oxygen atoms in total. The van der Waals surface area contributed by atoms with E-state index in [1.165, 1.54) is 6.21 Å². The summed E-state index contributed by atoms with van der Waals surface area (Å²) in [7, 11) is 1.56. The Labute approximate surface area is 164 Å². The quantitative estimate of drug-likeness (QED) is 0.515. The molecule has 0 aliphatic rings. The number of methoxy groups -OCH3 is 1. The second-order valence-corrected chi connectivity index (χ2v) is 6.23. The van der Waals surface area contributed by atoms with Crippen molar-refractivity contribution in [2.75, 3.05) is 13.7 Å². The number of carbonyl (C=O) groups excluding carboxylic acids is 2. The number of hydrogen-bond acceptors (Lipinski definition) is 5. The van der Waals surface area contributed by atoms with E-state index in [1.807, 2.05) is 38.1 Å². The van der Waals surface area contributed by atoms with E-state index < -0.39 is 0 Å².